The van der Waals surface area contributed by atoms with E-state index >= 15 is 0 Å². The summed E-state index contributed by atoms with van der Waals surface area (Å²) >= 11 is 0. The number of sulfonamides is 1. The van der Waals surface area contributed by atoms with Crippen LogP contribution in [0.25, 0.3) is 17.1 Å². The first kappa shape index (κ1) is 26.1. The van der Waals surface area contributed by atoms with Gasteiger partial charge < -0.3 is 10.1 Å². The summed E-state index contributed by atoms with van der Waals surface area (Å²) in [5.41, 5.74) is 1.54. The van der Waals surface area contributed by atoms with E-state index in [2.05, 4.69) is 10.3 Å². The highest BCUT2D eigenvalue weighted by molar-refractivity contribution is 7.89. The molecule has 10 nitrogen and oxygen atoms in total. The Morgan fingerprint density at radius 3 is 2.41 bits per heavy atom. The Hall–Kier alpha value is -3.09. The maximum atomic E-state index is 13.7. The molecule has 0 spiro atoms. The van der Waals surface area contributed by atoms with Crippen LogP contribution in [0.4, 0.5) is 10.3 Å². The summed E-state index contributed by atoms with van der Waals surface area (Å²) in [6.07, 6.45) is 8.93. The Bertz CT molecular complexity index is 1470. The summed E-state index contributed by atoms with van der Waals surface area (Å²) in [6.45, 7) is 1.82. The lowest BCUT2D eigenvalue weighted by atomic mass is 9.91. The van der Waals surface area contributed by atoms with Gasteiger partial charge in [-0.25, -0.2) is 27.6 Å². The molecule has 208 valence electrons. The van der Waals surface area contributed by atoms with Gasteiger partial charge in [-0.2, -0.15) is 4.31 Å². The fraction of sp³-hybridized carbons (Fsp3) is 0.519. The lowest BCUT2D eigenvalue weighted by Gasteiger charge is -2.33. The number of nitrogens with one attached hydrogen (secondary N) is 1. The van der Waals surface area contributed by atoms with Gasteiger partial charge in [-0.3, -0.25) is 9.13 Å². The van der Waals surface area contributed by atoms with Gasteiger partial charge in [0.1, 0.15) is 5.82 Å². The molecule has 3 aromatic rings. The molecule has 3 fully saturated rings. The first-order chi connectivity index (χ1) is 18.9. The molecular formula is C27H33FN6O4S. The molecule has 0 bridgehead atoms. The van der Waals surface area contributed by atoms with Gasteiger partial charge in [-0.05, 0) is 75.3 Å². The third kappa shape index (κ3) is 5.37. The Balaban J connectivity index is 1.25. The van der Waals surface area contributed by atoms with Crippen molar-refractivity contribution in [3.05, 3.63) is 59.0 Å². The predicted octanol–water partition coefficient (Wildman–Crippen LogP) is 3.35. The van der Waals surface area contributed by atoms with Gasteiger partial charge in [0.05, 0.1) is 22.8 Å². The van der Waals surface area contributed by atoms with Crippen LogP contribution in [0.5, 0.6) is 0 Å². The van der Waals surface area contributed by atoms with Crippen molar-refractivity contribution in [2.24, 2.45) is 0 Å². The Kier molecular flexibility index (Phi) is 7.25. The Morgan fingerprint density at radius 1 is 0.974 bits per heavy atom. The van der Waals surface area contributed by atoms with E-state index in [-0.39, 0.29) is 35.4 Å². The Labute approximate surface area is 226 Å². The summed E-state index contributed by atoms with van der Waals surface area (Å²) < 4.78 is 48.8. The number of hydrogen-bond donors (Lipinski definition) is 1. The van der Waals surface area contributed by atoms with E-state index in [9.17, 15) is 17.6 Å². The topological polar surface area (TPSA) is 111 Å². The monoisotopic (exact) mass is 556 g/mol. The quantitative estimate of drug-likeness (QED) is 0.496. The standard InChI is InChI=1S/C27H33FN6O4S/c28-19-2-6-23(7-3-19)34-25(18-32(27(34)35)21-11-15-38-16-12-21)24-10-13-29-26(31-24)30-20-4-8-22(9-5-20)33-14-1-17-39(33,36)37/h2-3,6-7,10,13,18,20-22H,1,4-5,8-9,11-12,14-17H2,(H,29,30,31). The number of nitrogens with zero attached hydrogens (tertiary/aromatic N) is 5. The number of imidazole rings is 1. The van der Waals surface area contributed by atoms with E-state index in [0.717, 1.165) is 38.5 Å². The third-order valence-electron chi connectivity index (χ3n) is 8.08. The maximum absolute atomic E-state index is 13.7. The van der Waals surface area contributed by atoms with Gasteiger partial charge in [0.15, 0.2) is 0 Å². The lowest BCUT2D eigenvalue weighted by molar-refractivity contribution is 0.0686. The van der Waals surface area contributed by atoms with Crippen molar-refractivity contribution in [1.29, 1.82) is 0 Å². The minimum absolute atomic E-state index is 0.0146. The minimum atomic E-state index is -3.11. The van der Waals surface area contributed by atoms with Crippen molar-refractivity contribution in [3.8, 4) is 17.1 Å². The molecule has 0 amide bonds. The van der Waals surface area contributed by atoms with Crippen LogP contribution < -0.4 is 11.0 Å². The molecule has 1 saturated carbocycles. The fourth-order valence-corrected chi connectivity index (χ4v) is 7.84. The average Bonchev–Trinajstić information content (AvgIpc) is 3.49. The highest BCUT2D eigenvalue weighted by atomic mass is 32.2. The van der Waals surface area contributed by atoms with Crippen molar-refractivity contribution in [3.63, 3.8) is 0 Å². The largest absolute Gasteiger partial charge is 0.381 e. The van der Waals surface area contributed by atoms with Crippen molar-refractivity contribution in [1.82, 2.24) is 23.4 Å². The molecule has 2 aliphatic heterocycles. The predicted molar refractivity (Wildman–Crippen MR) is 145 cm³/mol. The first-order valence-electron chi connectivity index (χ1n) is 13.7. The molecule has 1 aromatic carbocycles. The number of benzene rings is 1. The average molecular weight is 557 g/mol. The first-order valence-corrected chi connectivity index (χ1v) is 15.3. The molecule has 0 atom stereocenters. The molecule has 0 radical (unpaired) electrons. The van der Waals surface area contributed by atoms with Crippen molar-refractivity contribution in [2.75, 3.05) is 30.8 Å². The van der Waals surface area contributed by atoms with Gasteiger partial charge in [0.25, 0.3) is 0 Å². The van der Waals surface area contributed by atoms with Crippen LogP contribution in [0.3, 0.4) is 0 Å². The molecule has 0 unspecified atom stereocenters. The van der Waals surface area contributed by atoms with E-state index in [1.54, 1.807) is 37.8 Å². The maximum Gasteiger partial charge on any atom is 0.333 e. The van der Waals surface area contributed by atoms with Crippen molar-refractivity contribution >= 4 is 16.0 Å². The second kappa shape index (κ2) is 10.8. The molecule has 3 aliphatic rings. The molecule has 1 N–H and O–H groups in total. The molecule has 2 saturated heterocycles. The van der Waals surface area contributed by atoms with E-state index in [4.69, 9.17) is 9.72 Å². The van der Waals surface area contributed by atoms with Gasteiger partial charge in [-0.15, -0.1) is 0 Å². The summed E-state index contributed by atoms with van der Waals surface area (Å²) in [6, 6.07) is 7.85. The van der Waals surface area contributed by atoms with E-state index in [0.29, 0.717) is 49.2 Å². The third-order valence-corrected chi connectivity index (χ3v) is 10.1. The number of rotatable bonds is 6. The summed E-state index contributed by atoms with van der Waals surface area (Å²) in [5, 5.41) is 3.42. The summed E-state index contributed by atoms with van der Waals surface area (Å²) in [4.78, 5) is 22.8. The molecule has 4 heterocycles. The smallest absolute Gasteiger partial charge is 0.333 e. The molecule has 12 heteroatoms. The van der Waals surface area contributed by atoms with Crippen LogP contribution in [0.2, 0.25) is 0 Å². The highest BCUT2D eigenvalue weighted by Gasteiger charge is 2.36. The zero-order valence-electron chi connectivity index (χ0n) is 21.7. The van der Waals surface area contributed by atoms with E-state index in [1.165, 1.54) is 12.1 Å². The van der Waals surface area contributed by atoms with Crippen LogP contribution in [0.15, 0.2) is 47.5 Å². The fourth-order valence-electron chi connectivity index (χ4n) is 6.04. The van der Waals surface area contributed by atoms with Crippen LogP contribution in [0, 0.1) is 5.82 Å². The van der Waals surface area contributed by atoms with E-state index < -0.39 is 10.0 Å². The lowest BCUT2D eigenvalue weighted by Crippen LogP contribution is -2.41. The molecule has 6 rings (SSSR count). The summed E-state index contributed by atoms with van der Waals surface area (Å²) in [7, 11) is -3.11. The number of anilines is 1. The Morgan fingerprint density at radius 2 is 1.72 bits per heavy atom. The molecule has 39 heavy (non-hydrogen) atoms. The number of ether oxygens (including phenoxy) is 1. The minimum Gasteiger partial charge on any atom is -0.381 e. The van der Waals surface area contributed by atoms with Gasteiger partial charge in [-0.1, -0.05) is 0 Å². The SMILES string of the molecule is O=c1n(C2CCOCC2)cc(-c2ccnc(NC3CCC(N4CCCS4(=O)=O)CC3)n2)n1-c1ccc(F)cc1. The van der Waals surface area contributed by atoms with Crippen LogP contribution in [-0.2, 0) is 14.8 Å². The zero-order valence-corrected chi connectivity index (χ0v) is 22.5. The van der Waals surface area contributed by atoms with Crippen molar-refractivity contribution in [2.45, 2.75) is 63.1 Å². The number of hydrogen-bond acceptors (Lipinski definition) is 7. The molecule has 1 aliphatic carbocycles. The molecular weight excluding hydrogens is 523 g/mol. The van der Waals surface area contributed by atoms with Crippen LogP contribution in [-0.4, -0.2) is 69.4 Å². The zero-order chi connectivity index (χ0) is 27.0. The van der Waals surface area contributed by atoms with Crippen LogP contribution in [0.1, 0.15) is 51.0 Å². The van der Waals surface area contributed by atoms with Crippen LogP contribution >= 0.6 is 0 Å². The van der Waals surface area contributed by atoms with Gasteiger partial charge in [0, 0.05) is 50.3 Å². The van der Waals surface area contributed by atoms with E-state index in [1.807, 2.05) is 6.20 Å². The second-order valence-corrected chi connectivity index (χ2v) is 12.6. The number of halogens is 1. The second-order valence-electron chi connectivity index (χ2n) is 10.6. The molecule has 2 aromatic heterocycles. The van der Waals surface area contributed by atoms with Crippen molar-refractivity contribution < 1.29 is 17.5 Å². The number of aromatic nitrogens is 4. The summed E-state index contributed by atoms with van der Waals surface area (Å²) in [5.74, 6) is 0.342. The van der Waals surface area contributed by atoms with Gasteiger partial charge >= 0.3 is 5.69 Å². The normalized spacial score (nSPS) is 24.1. The highest BCUT2D eigenvalue weighted by Crippen LogP contribution is 2.30. The van der Waals surface area contributed by atoms with Gasteiger partial charge in [0.2, 0.25) is 16.0 Å².